The van der Waals surface area contributed by atoms with Gasteiger partial charge in [0.15, 0.2) is 11.5 Å². The molecule has 5 aliphatic rings. The van der Waals surface area contributed by atoms with E-state index >= 15 is 0 Å². The Bertz CT molecular complexity index is 1440. The molecule has 3 fully saturated rings. The van der Waals surface area contributed by atoms with Crippen LogP contribution >= 0.6 is 0 Å². The Morgan fingerprint density at radius 3 is 2.03 bits per heavy atom. The molecule has 1 N–H and O–H groups in total. The van der Waals surface area contributed by atoms with Gasteiger partial charge in [-0.15, -0.1) is 0 Å². The monoisotopic (exact) mass is 506 g/mol. The molecule has 2 saturated carbocycles. The molecule has 0 aromatic heterocycles. The second kappa shape index (κ2) is 8.58. The predicted octanol–water partition coefficient (Wildman–Crippen LogP) is 5.30. The highest BCUT2D eigenvalue weighted by Crippen LogP contribution is 2.65. The van der Waals surface area contributed by atoms with Gasteiger partial charge in [0.1, 0.15) is 5.75 Å². The number of carbonyl (C=O) groups is 3. The van der Waals surface area contributed by atoms with E-state index in [-0.39, 0.29) is 41.4 Å². The van der Waals surface area contributed by atoms with Crippen molar-refractivity contribution in [2.75, 3.05) is 17.3 Å². The molecule has 4 aliphatic carbocycles. The third-order valence-electron chi connectivity index (χ3n) is 8.46. The predicted molar refractivity (Wildman–Crippen MR) is 141 cm³/mol. The summed E-state index contributed by atoms with van der Waals surface area (Å²) in [6.45, 7) is 0. The molecule has 0 unspecified atom stereocenters. The van der Waals surface area contributed by atoms with Gasteiger partial charge in [-0.05, 0) is 90.8 Å². The van der Waals surface area contributed by atoms with Gasteiger partial charge in [0.2, 0.25) is 11.8 Å². The van der Waals surface area contributed by atoms with Crippen molar-refractivity contribution in [1.29, 1.82) is 0 Å². The summed E-state index contributed by atoms with van der Waals surface area (Å²) in [5, 5.41) is 2.87. The molecule has 190 valence electrons. The van der Waals surface area contributed by atoms with E-state index in [0.29, 0.717) is 46.0 Å². The smallest absolute Gasteiger partial charge is 0.255 e. The van der Waals surface area contributed by atoms with E-state index in [1.807, 2.05) is 24.3 Å². The molecule has 3 amide bonds. The number of hydrogen-bond donors (Lipinski definition) is 1. The quantitative estimate of drug-likeness (QED) is 0.362. The molecule has 3 aromatic carbocycles. The number of anilines is 2. The Labute approximate surface area is 220 Å². The lowest BCUT2D eigenvalue weighted by Crippen LogP contribution is -2.40. The van der Waals surface area contributed by atoms with Crippen LogP contribution in [0.4, 0.5) is 11.4 Å². The second-order valence-electron chi connectivity index (χ2n) is 10.4. The molecule has 6 atom stereocenters. The summed E-state index contributed by atoms with van der Waals surface area (Å²) in [4.78, 5) is 40.8. The van der Waals surface area contributed by atoms with Crippen molar-refractivity contribution in [3.8, 4) is 17.2 Å². The molecule has 38 heavy (non-hydrogen) atoms. The minimum Gasteiger partial charge on any atom is -0.493 e. The van der Waals surface area contributed by atoms with E-state index in [0.717, 1.165) is 6.42 Å². The van der Waals surface area contributed by atoms with Crippen LogP contribution in [-0.4, -0.2) is 24.8 Å². The van der Waals surface area contributed by atoms with Gasteiger partial charge in [-0.1, -0.05) is 24.3 Å². The van der Waals surface area contributed by atoms with Crippen LogP contribution in [0.2, 0.25) is 0 Å². The highest BCUT2D eigenvalue weighted by atomic mass is 16.5. The third kappa shape index (κ3) is 3.53. The number of imide groups is 1. The number of hydrogen-bond acceptors (Lipinski definition) is 5. The fourth-order valence-corrected chi connectivity index (χ4v) is 6.61. The zero-order chi connectivity index (χ0) is 26.0. The molecule has 8 rings (SSSR count). The van der Waals surface area contributed by atoms with Crippen molar-refractivity contribution in [3.63, 3.8) is 0 Å². The van der Waals surface area contributed by atoms with Crippen molar-refractivity contribution < 1.29 is 23.9 Å². The van der Waals surface area contributed by atoms with Crippen LogP contribution in [-0.2, 0) is 9.59 Å². The largest absolute Gasteiger partial charge is 0.493 e. The van der Waals surface area contributed by atoms with Gasteiger partial charge in [0.05, 0.1) is 24.6 Å². The molecular formula is C31H26N2O5. The minimum atomic E-state index is -0.287. The number of para-hydroxylation sites is 2. The zero-order valence-electron chi connectivity index (χ0n) is 20.7. The normalized spacial score (nSPS) is 28.1. The summed E-state index contributed by atoms with van der Waals surface area (Å²) < 4.78 is 11.2. The van der Waals surface area contributed by atoms with Crippen molar-refractivity contribution in [2.45, 2.75) is 6.42 Å². The molecule has 1 heterocycles. The number of allylic oxidation sites excluding steroid dienone is 2. The van der Waals surface area contributed by atoms with E-state index in [1.54, 1.807) is 55.6 Å². The van der Waals surface area contributed by atoms with Crippen molar-refractivity contribution in [1.82, 2.24) is 0 Å². The second-order valence-corrected chi connectivity index (χ2v) is 10.4. The SMILES string of the molecule is COc1ccccc1Oc1ccc(NC(=O)c2ccc(N3C(=O)[C@H]4[C@@H]5C=C[C@@H]([C@H]6C[C@H]56)[C@@H]4C3=O)cc2)cc1. The van der Waals surface area contributed by atoms with Gasteiger partial charge < -0.3 is 14.8 Å². The molecule has 3 aromatic rings. The molecule has 2 bridgehead atoms. The van der Waals surface area contributed by atoms with Crippen molar-refractivity contribution in [3.05, 3.63) is 90.5 Å². The number of rotatable bonds is 6. The number of amides is 3. The molecule has 7 nitrogen and oxygen atoms in total. The fraction of sp³-hybridized carbons (Fsp3) is 0.258. The van der Waals surface area contributed by atoms with Gasteiger partial charge in [-0.2, -0.15) is 0 Å². The lowest BCUT2D eigenvalue weighted by molar-refractivity contribution is -0.124. The van der Waals surface area contributed by atoms with E-state index < -0.39 is 0 Å². The van der Waals surface area contributed by atoms with Crippen molar-refractivity contribution >= 4 is 29.1 Å². The molecule has 7 heteroatoms. The summed E-state index contributed by atoms with van der Waals surface area (Å²) in [7, 11) is 1.59. The van der Waals surface area contributed by atoms with Gasteiger partial charge >= 0.3 is 0 Å². The summed E-state index contributed by atoms with van der Waals surface area (Å²) in [5.41, 5.74) is 1.57. The number of methoxy groups -OCH3 is 1. The molecule has 0 radical (unpaired) electrons. The summed E-state index contributed by atoms with van der Waals surface area (Å²) >= 11 is 0. The third-order valence-corrected chi connectivity index (χ3v) is 8.46. The zero-order valence-corrected chi connectivity index (χ0v) is 20.7. The average Bonchev–Trinajstić information content (AvgIpc) is 3.73. The Kier molecular flexibility index (Phi) is 5.15. The average molecular weight is 507 g/mol. The molecule has 0 spiro atoms. The molecular weight excluding hydrogens is 480 g/mol. The number of carbonyl (C=O) groups excluding carboxylic acids is 3. The van der Waals surface area contributed by atoms with Gasteiger partial charge in [-0.25, -0.2) is 0 Å². The van der Waals surface area contributed by atoms with E-state index in [2.05, 4.69) is 17.5 Å². The van der Waals surface area contributed by atoms with Crippen LogP contribution in [0.25, 0.3) is 0 Å². The summed E-state index contributed by atoms with van der Waals surface area (Å²) in [5.74, 6) is 2.39. The van der Waals surface area contributed by atoms with Crippen LogP contribution in [0.3, 0.4) is 0 Å². The van der Waals surface area contributed by atoms with E-state index in [9.17, 15) is 14.4 Å². The summed E-state index contributed by atoms with van der Waals surface area (Å²) in [6.07, 6.45) is 5.47. The Morgan fingerprint density at radius 1 is 0.816 bits per heavy atom. The first-order valence-corrected chi connectivity index (χ1v) is 12.9. The Morgan fingerprint density at radius 2 is 1.42 bits per heavy atom. The first-order valence-electron chi connectivity index (χ1n) is 12.9. The van der Waals surface area contributed by atoms with Crippen LogP contribution in [0.15, 0.2) is 84.9 Å². The van der Waals surface area contributed by atoms with Crippen molar-refractivity contribution in [2.24, 2.45) is 35.5 Å². The van der Waals surface area contributed by atoms with E-state index in [4.69, 9.17) is 9.47 Å². The maximum Gasteiger partial charge on any atom is 0.255 e. The Balaban J connectivity index is 1.02. The first-order chi connectivity index (χ1) is 18.5. The molecule has 1 aliphatic heterocycles. The standard InChI is InChI=1S/C31H26N2O5/c1-37-25-4-2-3-5-26(25)38-20-12-8-18(9-13-20)32-29(34)17-6-10-19(11-7-17)33-30(35)27-21-14-15-22(24-16-23(21)24)28(27)31(33)36/h2-15,21-24,27-28H,16H2,1H3,(H,32,34)/t21-,22+,23-,24-,27+,28+/m1/s1. The number of benzene rings is 3. The number of nitrogens with one attached hydrogen (secondary N) is 1. The topological polar surface area (TPSA) is 84.9 Å². The van der Waals surface area contributed by atoms with Gasteiger partial charge in [0.25, 0.3) is 5.91 Å². The fourth-order valence-electron chi connectivity index (χ4n) is 6.61. The van der Waals surface area contributed by atoms with Gasteiger partial charge in [-0.3, -0.25) is 19.3 Å². The lowest BCUT2D eigenvalue weighted by Gasteiger charge is -2.37. The highest BCUT2D eigenvalue weighted by molar-refractivity contribution is 6.22. The maximum absolute atomic E-state index is 13.3. The van der Waals surface area contributed by atoms with Crippen LogP contribution in [0.5, 0.6) is 17.2 Å². The maximum atomic E-state index is 13.3. The van der Waals surface area contributed by atoms with Crippen LogP contribution in [0.1, 0.15) is 16.8 Å². The highest BCUT2D eigenvalue weighted by Gasteiger charge is 2.67. The lowest BCUT2D eigenvalue weighted by atomic mass is 9.63. The number of ether oxygens (including phenoxy) is 2. The van der Waals surface area contributed by atoms with Gasteiger partial charge in [0, 0.05) is 11.3 Å². The number of nitrogens with zero attached hydrogens (tertiary/aromatic N) is 1. The van der Waals surface area contributed by atoms with Crippen LogP contribution < -0.4 is 19.7 Å². The van der Waals surface area contributed by atoms with Crippen LogP contribution in [0, 0.1) is 35.5 Å². The first kappa shape index (κ1) is 22.8. The minimum absolute atomic E-state index is 0.0997. The van der Waals surface area contributed by atoms with E-state index in [1.165, 1.54) is 4.90 Å². The molecule has 1 saturated heterocycles. The summed E-state index contributed by atoms with van der Waals surface area (Å²) in [6, 6.07) is 21.1. The Hall–Kier alpha value is -4.39.